The Morgan fingerprint density at radius 2 is 1.67 bits per heavy atom. The summed E-state index contributed by atoms with van der Waals surface area (Å²) in [5.41, 5.74) is 10.1. The molecule has 0 aliphatic carbocycles. The van der Waals surface area contributed by atoms with Gasteiger partial charge in [0.05, 0.1) is 0 Å². The van der Waals surface area contributed by atoms with Gasteiger partial charge < -0.3 is 5.73 Å². The van der Waals surface area contributed by atoms with Crippen LogP contribution >= 0.6 is 11.6 Å². The van der Waals surface area contributed by atoms with E-state index in [9.17, 15) is 0 Å². The highest BCUT2D eigenvalue weighted by molar-refractivity contribution is 6.30. The lowest BCUT2D eigenvalue weighted by Gasteiger charge is -2.13. The molecule has 0 heterocycles. The molecule has 0 aliphatic rings. The molecule has 0 aliphatic heterocycles. The summed E-state index contributed by atoms with van der Waals surface area (Å²) in [5, 5.41) is 0.770. The van der Waals surface area contributed by atoms with Crippen LogP contribution in [0.4, 0.5) is 0 Å². The first kappa shape index (κ1) is 13.1. The van der Waals surface area contributed by atoms with Gasteiger partial charge in [0.2, 0.25) is 0 Å². The van der Waals surface area contributed by atoms with Crippen molar-refractivity contribution in [2.45, 2.75) is 25.8 Å². The lowest BCUT2D eigenvalue weighted by molar-refractivity contribution is 0.663. The van der Waals surface area contributed by atoms with Crippen LogP contribution < -0.4 is 5.73 Å². The quantitative estimate of drug-likeness (QED) is 0.889. The molecule has 1 unspecified atom stereocenters. The average Bonchev–Trinajstić information content (AvgIpc) is 2.35. The van der Waals surface area contributed by atoms with Gasteiger partial charge in [0.15, 0.2) is 0 Å². The van der Waals surface area contributed by atoms with Crippen molar-refractivity contribution in [2.75, 3.05) is 0 Å². The minimum absolute atomic E-state index is 0.146. The maximum absolute atomic E-state index is 6.21. The van der Waals surface area contributed by atoms with E-state index in [4.69, 9.17) is 17.3 Å². The lowest BCUT2D eigenvalue weighted by Crippen LogP contribution is -2.25. The van der Waals surface area contributed by atoms with Gasteiger partial charge in [-0.1, -0.05) is 48.0 Å². The van der Waals surface area contributed by atoms with E-state index in [1.165, 1.54) is 16.7 Å². The van der Waals surface area contributed by atoms with Crippen molar-refractivity contribution in [1.82, 2.24) is 0 Å². The zero-order valence-corrected chi connectivity index (χ0v) is 11.3. The molecule has 2 aromatic carbocycles. The van der Waals surface area contributed by atoms with Gasteiger partial charge in [0.1, 0.15) is 0 Å². The molecule has 1 nitrogen and oxygen atoms in total. The van der Waals surface area contributed by atoms with Crippen LogP contribution in [0.2, 0.25) is 5.02 Å². The van der Waals surface area contributed by atoms with Crippen LogP contribution in [-0.2, 0) is 12.8 Å². The molecule has 2 rings (SSSR count). The Hall–Kier alpha value is -1.31. The third-order valence-corrected chi connectivity index (χ3v) is 3.41. The Kier molecular flexibility index (Phi) is 4.40. The number of rotatable bonds is 4. The van der Waals surface area contributed by atoms with Crippen LogP contribution in [0, 0.1) is 6.92 Å². The van der Waals surface area contributed by atoms with E-state index >= 15 is 0 Å². The molecule has 0 saturated heterocycles. The van der Waals surface area contributed by atoms with E-state index in [0.717, 1.165) is 17.9 Å². The van der Waals surface area contributed by atoms with Crippen molar-refractivity contribution in [3.8, 4) is 0 Å². The minimum Gasteiger partial charge on any atom is -0.327 e. The highest BCUT2D eigenvalue weighted by Crippen LogP contribution is 2.14. The topological polar surface area (TPSA) is 26.0 Å². The molecular formula is C16H18ClN. The number of nitrogens with two attached hydrogens (primary N) is 1. The highest BCUT2D eigenvalue weighted by Gasteiger charge is 2.07. The number of halogens is 1. The summed E-state index contributed by atoms with van der Waals surface area (Å²) in [6.07, 6.45) is 1.79. The normalized spacial score (nSPS) is 12.4. The lowest BCUT2D eigenvalue weighted by atomic mass is 9.97. The fourth-order valence-electron chi connectivity index (χ4n) is 2.12. The minimum atomic E-state index is 0.146. The van der Waals surface area contributed by atoms with Crippen molar-refractivity contribution in [3.63, 3.8) is 0 Å². The fourth-order valence-corrected chi connectivity index (χ4v) is 2.24. The molecule has 0 radical (unpaired) electrons. The summed E-state index contributed by atoms with van der Waals surface area (Å²) < 4.78 is 0. The first-order chi connectivity index (χ1) is 8.65. The van der Waals surface area contributed by atoms with Crippen LogP contribution in [-0.4, -0.2) is 6.04 Å². The Bertz CT molecular complexity index is 505. The van der Waals surface area contributed by atoms with Crippen LogP contribution in [0.3, 0.4) is 0 Å². The molecule has 0 amide bonds. The van der Waals surface area contributed by atoms with Crippen molar-refractivity contribution >= 4 is 11.6 Å². The van der Waals surface area contributed by atoms with Gasteiger partial charge in [-0.05, 0) is 48.6 Å². The van der Waals surface area contributed by atoms with Gasteiger partial charge in [0, 0.05) is 11.1 Å². The number of hydrogen-bond donors (Lipinski definition) is 1. The van der Waals surface area contributed by atoms with E-state index < -0.39 is 0 Å². The summed E-state index contributed by atoms with van der Waals surface area (Å²) in [6, 6.07) is 16.5. The van der Waals surface area contributed by atoms with Crippen LogP contribution in [0.25, 0.3) is 0 Å². The third-order valence-electron chi connectivity index (χ3n) is 3.15. The van der Waals surface area contributed by atoms with Gasteiger partial charge in [0.25, 0.3) is 0 Å². The number of hydrogen-bond acceptors (Lipinski definition) is 1. The summed E-state index contributed by atoms with van der Waals surface area (Å²) >= 11 is 5.87. The molecule has 0 saturated carbocycles. The fraction of sp³-hybridized carbons (Fsp3) is 0.250. The molecule has 2 N–H and O–H groups in total. The SMILES string of the molecule is Cc1ccccc1CC(N)Cc1ccc(Cl)cc1. The maximum Gasteiger partial charge on any atom is 0.0406 e. The second-order valence-corrected chi connectivity index (χ2v) is 5.16. The van der Waals surface area contributed by atoms with Crippen molar-refractivity contribution in [1.29, 1.82) is 0 Å². The third kappa shape index (κ3) is 3.59. The van der Waals surface area contributed by atoms with Gasteiger partial charge in [-0.2, -0.15) is 0 Å². The van der Waals surface area contributed by atoms with E-state index in [-0.39, 0.29) is 6.04 Å². The summed E-state index contributed by atoms with van der Waals surface area (Å²) in [7, 11) is 0. The number of benzene rings is 2. The van der Waals surface area contributed by atoms with E-state index in [1.54, 1.807) is 0 Å². The Labute approximate surface area is 114 Å². The van der Waals surface area contributed by atoms with Crippen molar-refractivity contribution in [3.05, 3.63) is 70.2 Å². The molecule has 0 spiro atoms. The maximum atomic E-state index is 6.21. The Morgan fingerprint density at radius 1 is 1.00 bits per heavy atom. The number of aryl methyl sites for hydroxylation is 1. The molecule has 0 fully saturated rings. The first-order valence-corrected chi connectivity index (χ1v) is 6.57. The summed E-state index contributed by atoms with van der Waals surface area (Å²) in [6.45, 7) is 2.13. The molecular weight excluding hydrogens is 242 g/mol. The summed E-state index contributed by atoms with van der Waals surface area (Å²) in [5.74, 6) is 0. The predicted molar refractivity (Wildman–Crippen MR) is 78.0 cm³/mol. The molecule has 1 atom stereocenters. The Morgan fingerprint density at radius 3 is 2.33 bits per heavy atom. The van der Waals surface area contributed by atoms with Gasteiger partial charge >= 0.3 is 0 Å². The highest BCUT2D eigenvalue weighted by atomic mass is 35.5. The standard InChI is InChI=1S/C16H18ClN/c1-12-4-2-3-5-14(12)11-16(18)10-13-6-8-15(17)9-7-13/h2-9,16H,10-11,18H2,1H3. The first-order valence-electron chi connectivity index (χ1n) is 6.19. The molecule has 94 valence electrons. The summed E-state index contributed by atoms with van der Waals surface area (Å²) in [4.78, 5) is 0. The molecule has 2 heteroatoms. The zero-order chi connectivity index (χ0) is 13.0. The largest absolute Gasteiger partial charge is 0.327 e. The van der Waals surface area contributed by atoms with Gasteiger partial charge in [-0.3, -0.25) is 0 Å². The Balaban J connectivity index is 1.99. The van der Waals surface area contributed by atoms with Crippen LogP contribution in [0.1, 0.15) is 16.7 Å². The monoisotopic (exact) mass is 259 g/mol. The molecule has 0 bridgehead atoms. The molecule has 18 heavy (non-hydrogen) atoms. The molecule has 0 aromatic heterocycles. The van der Waals surface area contributed by atoms with Crippen LogP contribution in [0.15, 0.2) is 48.5 Å². The van der Waals surface area contributed by atoms with E-state index in [0.29, 0.717) is 0 Å². The predicted octanol–water partition coefficient (Wildman–Crippen LogP) is 3.76. The van der Waals surface area contributed by atoms with E-state index in [2.05, 4.69) is 31.2 Å². The van der Waals surface area contributed by atoms with Gasteiger partial charge in [-0.15, -0.1) is 0 Å². The second-order valence-electron chi connectivity index (χ2n) is 4.72. The van der Waals surface area contributed by atoms with Crippen molar-refractivity contribution in [2.24, 2.45) is 5.73 Å². The smallest absolute Gasteiger partial charge is 0.0406 e. The zero-order valence-electron chi connectivity index (χ0n) is 10.6. The molecule has 2 aromatic rings. The van der Waals surface area contributed by atoms with Crippen LogP contribution in [0.5, 0.6) is 0 Å². The average molecular weight is 260 g/mol. The van der Waals surface area contributed by atoms with E-state index in [1.807, 2.05) is 24.3 Å². The van der Waals surface area contributed by atoms with Gasteiger partial charge in [-0.25, -0.2) is 0 Å². The second kappa shape index (κ2) is 6.03. The van der Waals surface area contributed by atoms with Crippen molar-refractivity contribution < 1.29 is 0 Å².